The van der Waals surface area contributed by atoms with Crippen molar-refractivity contribution in [2.75, 3.05) is 26.1 Å². The fourth-order valence-corrected chi connectivity index (χ4v) is 3.36. The SMILES string of the molecule is COC(C)CCC(CC(=O)[C@H](CO)NC(=O)[C@H](C)N(C)C(=O)OC(C)(C)C)C(=O)Nc1ccc(Cl)cc1. The molecule has 10 nitrogen and oxygen atoms in total. The van der Waals surface area contributed by atoms with Gasteiger partial charge in [0, 0.05) is 37.2 Å². The normalized spacial score (nSPS) is 14.6. The number of ketones is 1. The van der Waals surface area contributed by atoms with Gasteiger partial charge in [-0.1, -0.05) is 11.6 Å². The number of Topliss-reactive ketones (excluding diaryl/α,β-unsaturated/α-hetero) is 1. The van der Waals surface area contributed by atoms with Crippen LogP contribution in [0.5, 0.6) is 0 Å². The summed E-state index contributed by atoms with van der Waals surface area (Å²) < 4.78 is 10.5. The standard InChI is InChI=1S/C26H40ClN3O7/c1-16(36-7)8-9-18(24(34)28-20-12-10-19(27)11-13-20)14-22(32)21(15-31)29-23(33)17(2)30(6)25(35)37-26(3,4)5/h10-13,16-18,21,31H,8-9,14-15H2,1-7H3,(H,28,34)(H,29,33)/t16?,17-,18?,21-/m0/s1. The quantitative estimate of drug-likeness (QED) is 0.348. The Bertz CT molecular complexity index is 918. The Morgan fingerprint density at radius 3 is 2.16 bits per heavy atom. The average molecular weight is 542 g/mol. The predicted octanol–water partition coefficient (Wildman–Crippen LogP) is 3.40. The zero-order valence-corrected chi connectivity index (χ0v) is 23.4. The summed E-state index contributed by atoms with van der Waals surface area (Å²) >= 11 is 5.90. The number of methoxy groups -OCH3 is 1. The van der Waals surface area contributed by atoms with Gasteiger partial charge < -0.3 is 25.2 Å². The highest BCUT2D eigenvalue weighted by molar-refractivity contribution is 6.30. The van der Waals surface area contributed by atoms with Gasteiger partial charge in [-0.3, -0.25) is 19.3 Å². The first-order valence-corrected chi connectivity index (χ1v) is 12.5. The lowest BCUT2D eigenvalue weighted by molar-refractivity contribution is -0.132. The van der Waals surface area contributed by atoms with Gasteiger partial charge in [0.25, 0.3) is 0 Å². The number of hydrogen-bond donors (Lipinski definition) is 3. The van der Waals surface area contributed by atoms with Crippen molar-refractivity contribution in [3.63, 3.8) is 0 Å². The number of carbonyl (C=O) groups is 4. The number of hydrogen-bond acceptors (Lipinski definition) is 7. The smallest absolute Gasteiger partial charge is 0.410 e. The molecular formula is C26H40ClN3O7. The molecule has 11 heteroatoms. The molecular weight excluding hydrogens is 502 g/mol. The van der Waals surface area contributed by atoms with Gasteiger partial charge in [0.05, 0.1) is 12.7 Å². The summed E-state index contributed by atoms with van der Waals surface area (Å²) in [4.78, 5) is 52.2. The van der Waals surface area contributed by atoms with E-state index in [2.05, 4.69) is 10.6 Å². The van der Waals surface area contributed by atoms with E-state index in [4.69, 9.17) is 21.1 Å². The summed E-state index contributed by atoms with van der Waals surface area (Å²) in [6.07, 6.45) is -0.162. The minimum Gasteiger partial charge on any atom is -0.444 e. The zero-order chi connectivity index (χ0) is 28.3. The fraction of sp³-hybridized carbons (Fsp3) is 0.615. The molecule has 0 saturated heterocycles. The number of nitrogens with zero attached hydrogens (tertiary/aromatic N) is 1. The van der Waals surface area contributed by atoms with Crippen molar-refractivity contribution >= 4 is 41.0 Å². The van der Waals surface area contributed by atoms with Gasteiger partial charge in [0.1, 0.15) is 17.7 Å². The van der Waals surface area contributed by atoms with Gasteiger partial charge in [0.2, 0.25) is 11.8 Å². The Morgan fingerprint density at radius 2 is 1.65 bits per heavy atom. The number of likely N-dealkylation sites (N-methyl/N-ethyl adjacent to an activating group) is 1. The third-order valence-corrected chi connectivity index (χ3v) is 6.04. The summed E-state index contributed by atoms with van der Waals surface area (Å²) in [5.41, 5.74) is -0.217. The molecule has 3 N–H and O–H groups in total. The molecule has 0 spiro atoms. The van der Waals surface area contributed by atoms with E-state index < -0.39 is 48.0 Å². The van der Waals surface area contributed by atoms with E-state index in [-0.39, 0.29) is 18.4 Å². The topological polar surface area (TPSA) is 134 Å². The first-order chi connectivity index (χ1) is 17.2. The van der Waals surface area contributed by atoms with E-state index in [1.54, 1.807) is 52.1 Å². The second kappa shape index (κ2) is 14.9. The van der Waals surface area contributed by atoms with Crippen LogP contribution in [0, 0.1) is 5.92 Å². The third kappa shape index (κ3) is 11.5. The Labute approximate surface area is 224 Å². The molecule has 0 aromatic heterocycles. The molecule has 0 saturated carbocycles. The molecule has 0 aliphatic heterocycles. The number of ether oxygens (including phenoxy) is 2. The molecule has 0 aliphatic carbocycles. The van der Waals surface area contributed by atoms with Gasteiger partial charge in [-0.15, -0.1) is 0 Å². The van der Waals surface area contributed by atoms with Crippen molar-refractivity contribution < 1.29 is 33.8 Å². The van der Waals surface area contributed by atoms with Crippen LogP contribution in [0.2, 0.25) is 5.02 Å². The summed E-state index contributed by atoms with van der Waals surface area (Å²) in [6.45, 7) is 7.79. The molecule has 2 unspecified atom stereocenters. The number of rotatable bonds is 13. The third-order valence-electron chi connectivity index (χ3n) is 5.78. The Balaban J connectivity index is 2.90. The lowest BCUT2D eigenvalue weighted by Gasteiger charge is -2.29. The van der Waals surface area contributed by atoms with Crippen LogP contribution in [0.25, 0.3) is 0 Å². The van der Waals surface area contributed by atoms with Crippen LogP contribution in [0.3, 0.4) is 0 Å². The molecule has 0 aliphatic rings. The molecule has 1 aromatic rings. The first-order valence-electron chi connectivity index (χ1n) is 12.2. The number of amides is 3. The Kier molecular flexibility index (Phi) is 13.0. The zero-order valence-electron chi connectivity index (χ0n) is 22.7. The van der Waals surface area contributed by atoms with Crippen molar-refractivity contribution in [2.45, 2.75) is 77.7 Å². The number of aliphatic hydroxyl groups is 1. The molecule has 37 heavy (non-hydrogen) atoms. The van der Waals surface area contributed by atoms with Gasteiger partial charge in [-0.25, -0.2) is 4.79 Å². The van der Waals surface area contributed by atoms with Crippen LogP contribution in [0.15, 0.2) is 24.3 Å². The Hall–Kier alpha value is -2.69. The van der Waals surface area contributed by atoms with Crippen LogP contribution in [0.1, 0.15) is 53.9 Å². The van der Waals surface area contributed by atoms with Crippen molar-refractivity contribution in [3.8, 4) is 0 Å². The van der Waals surface area contributed by atoms with Crippen LogP contribution >= 0.6 is 11.6 Å². The van der Waals surface area contributed by atoms with Crippen LogP contribution < -0.4 is 10.6 Å². The maximum absolute atomic E-state index is 13.0. The van der Waals surface area contributed by atoms with Crippen LogP contribution in [0.4, 0.5) is 10.5 Å². The van der Waals surface area contributed by atoms with Crippen molar-refractivity contribution in [1.82, 2.24) is 10.2 Å². The van der Waals surface area contributed by atoms with Crippen LogP contribution in [-0.4, -0.2) is 78.3 Å². The number of aliphatic hydroxyl groups excluding tert-OH is 1. The average Bonchev–Trinajstić information content (AvgIpc) is 2.83. The molecule has 1 aromatic carbocycles. The Morgan fingerprint density at radius 1 is 1.05 bits per heavy atom. The molecule has 0 heterocycles. The monoisotopic (exact) mass is 541 g/mol. The lowest BCUT2D eigenvalue weighted by Crippen LogP contribution is -2.53. The van der Waals surface area contributed by atoms with E-state index in [1.165, 1.54) is 14.0 Å². The predicted molar refractivity (Wildman–Crippen MR) is 141 cm³/mol. The summed E-state index contributed by atoms with van der Waals surface area (Å²) in [6, 6.07) is 4.36. The maximum atomic E-state index is 13.0. The molecule has 4 atom stereocenters. The van der Waals surface area contributed by atoms with Gasteiger partial charge in [0.15, 0.2) is 5.78 Å². The minimum absolute atomic E-state index is 0.126. The molecule has 0 radical (unpaired) electrons. The van der Waals surface area contributed by atoms with Gasteiger partial charge >= 0.3 is 6.09 Å². The number of anilines is 1. The van der Waals surface area contributed by atoms with Crippen molar-refractivity contribution in [1.29, 1.82) is 0 Å². The second-order valence-electron chi connectivity index (χ2n) is 10.00. The van der Waals surface area contributed by atoms with E-state index in [0.29, 0.717) is 23.6 Å². The van der Waals surface area contributed by atoms with E-state index >= 15 is 0 Å². The number of halogens is 1. The highest BCUT2D eigenvalue weighted by Gasteiger charge is 2.31. The lowest BCUT2D eigenvalue weighted by atomic mass is 9.92. The highest BCUT2D eigenvalue weighted by Crippen LogP contribution is 2.20. The van der Waals surface area contributed by atoms with E-state index in [9.17, 15) is 24.3 Å². The number of benzene rings is 1. The van der Waals surface area contributed by atoms with E-state index in [0.717, 1.165) is 4.90 Å². The highest BCUT2D eigenvalue weighted by atomic mass is 35.5. The molecule has 208 valence electrons. The maximum Gasteiger partial charge on any atom is 0.410 e. The molecule has 0 bridgehead atoms. The van der Waals surface area contributed by atoms with Crippen molar-refractivity contribution in [3.05, 3.63) is 29.3 Å². The summed E-state index contributed by atoms with van der Waals surface area (Å²) in [5.74, 6) is -2.26. The van der Waals surface area contributed by atoms with E-state index in [1.807, 2.05) is 6.92 Å². The summed E-state index contributed by atoms with van der Waals surface area (Å²) in [5, 5.41) is 15.6. The largest absolute Gasteiger partial charge is 0.444 e. The van der Waals surface area contributed by atoms with Crippen molar-refractivity contribution in [2.24, 2.45) is 5.92 Å². The minimum atomic E-state index is -1.24. The van der Waals surface area contributed by atoms with Gasteiger partial charge in [-0.05, 0) is 71.7 Å². The second-order valence-corrected chi connectivity index (χ2v) is 10.4. The number of carbonyl (C=O) groups excluding carboxylic acids is 4. The summed E-state index contributed by atoms with van der Waals surface area (Å²) in [7, 11) is 2.97. The number of nitrogens with one attached hydrogen (secondary N) is 2. The first kappa shape index (κ1) is 32.3. The van der Waals surface area contributed by atoms with Crippen LogP contribution in [-0.2, 0) is 23.9 Å². The molecule has 1 rings (SSSR count). The molecule has 0 fully saturated rings. The fourth-order valence-electron chi connectivity index (χ4n) is 3.23. The molecule has 3 amide bonds. The van der Waals surface area contributed by atoms with Gasteiger partial charge in [-0.2, -0.15) is 0 Å².